The van der Waals surface area contributed by atoms with E-state index in [1.807, 2.05) is 18.2 Å². The fraction of sp³-hybridized carbons (Fsp3) is 0.600. The third kappa shape index (κ3) is 3.04. The number of halogens is 1. The zero-order valence-corrected chi connectivity index (χ0v) is 11.4. The first kappa shape index (κ1) is 13.6. The van der Waals surface area contributed by atoms with Crippen LogP contribution in [0.15, 0.2) is 18.2 Å². The maximum atomic E-state index is 13.1. The predicted molar refractivity (Wildman–Crippen MR) is 73.0 cm³/mol. The van der Waals surface area contributed by atoms with Crippen LogP contribution in [0.4, 0.5) is 4.39 Å². The minimum atomic E-state index is -0.707. The molecule has 4 nitrogen and oxygen atoms in total. The number of aliphatic hydroxyl groups is 1. The molecule has 1 fully saturated rings. The lowest BCUT2D eigenvalue weighted by Gasteiger charge is -2.21. The van der Waals surface area contributed by atoms with Crippen LogP contribution in [0, 0.1) is 0 Å². The number of fused-ring (bicyclic) bond motifs is 1. The van der Waals surface area contributed by atoms with Crippen LogP contribution in [0.25, 0.3) is 0 Å². The Bertz CT molecular complexity index is 468. The number of benzene rings is 1. The molecular weight excluding hydrogens is 261 g/mol. The van der Waals surface area contributed by atoms with Crippen molar-refractivity contribution in [3.05, 3.63) is 23.8 Å². The number of likely N-dealkylation sites (tertiary alicyclic amines) is 1. The van der Waals surface area contributed by atoms with Gasteiger partial charge in [-0.3, -0.25) is 0 Å². The highest BCUT2D eigenvalue weighted by Gasteiger charge is 2.22. The van der Waals surface area contributed by atoms with E-state index in [9.17, 15) is 9.50 Å². The van der Waals surface area contributed by atoms with E-state index in [-0.39, 0.29) is 0 Å². The van der Waals surface area contributed by atoms with Crippen molar-refractivity contribution >= 4 is 0 Å². The summed E-state index contributed by atoms with van der Waals surface area (Å²) in [4.78, 5) is 2.06. The maximum Gasteiger partial charge on any atom is 0.161 e. The second-order valence-corrected chi connectivity index (χ2v) is 5.39. The Balaban J connectivity index is 1.58. The number of aliphatic hydroxyl groups excluding tert-OH is 1. The van der Waals surface area contributed by atoms with Crippen molar-refractivity contribution in [3.63, 3.8) is 0 Å². The monoisotopic (exact) mass is 281 g/mol. The molecule has 2 unspecified atom stereocenters. The molecule has 0 radical (unpaired) electrons. The van der Waals surface area contributed by atoms with E-state index >= 15 is 0 Å². The molecule has 0 aromatic heterocycles. The quantitative estimate of drug-likeness (QED) is 0.915. The van der Waals surface area contributed by atoms with Crippen molar-refractivity contribution in [1.29, 1.82) is 0 Å². The molecular formula is C15H20FNO3. The molecule has 1 aromatic rings. The molecule has 0 amide bonds. The summed E-state index contributed by atoms with van der Waals surface area (Å²) in [6.45, 7) is 3.10. The first-order chi connectivity index (χ1) is 9.72. The molecule has 2 atom stereocenters. The van der Waals surface area contributed by atoms with Crippen molar-refractivity contribution in [1.82, 2.24) is 4.90 Å². The summed E-state index contributed by atoms with van der Waals surface area (Å²) in [6.07, 6.45) is -0.0436. The van der Waals surface area contributed by atoms with Crippen molar-refractivity contribution < 1.29 is 19.0 Å². The summed E-state index contributed by atoms with van der Waals surface area (Å²) in [6, 6.07) is 5.53. The minimum absolute atomic E-state index is 0.494. The van der Waals surface area contributed by atoms with E-state index in [1.54, 1.807) is 0 Å². The largest absolute Gasteiger partial charge is 0.486 e. The molecule has 3 rings (SSSR count). The Morgan fingerprint density at radius 2 is 2.10 bits per heavy atom. The van der Waals surface area contributed by atoms with Gasteiger partial charge in [0.25, 0.3) is 0 Å². The molecule has 1 aromatic carbocycles. The first-order valence-electron chi connectivity index (χ1n) is 7.16. The van der Waals surface area contributed by atoms with Gasteiger partial charge in [0.1, 0.15) is 19.4 Å². The zero-order valence-electron chi connectivity index (χ0n) is 11.4. The van der Waals surface area contributed by atoms with Crippen LogP contribution in [0.1, 0.15) is 24.5 Å². The van der Waals surface area contributed by atoms with E-state index < -0.39 is 12.3 Å². The van der Waals surface area contributed by atoms with Crippen molar-refractivity contribution in [3.8, 4) is 11.5 Å². The van der Waals surface area contributed by atoms with Gasteiger partial charge < -0.3 is 19.5 Å². The van der Waals surface area contributed by atoms with Crippen LogP contribution in [-0.4, -0.2) is 49.0 Å². The third-order valence-corrected chi connectivity index (χ3v) is 3.88. The second-order valence-electron chi connectivity index (χ2n) is 5.39. The van der Waals surface area contributed by atoms with Gasteiger partial charge in [-0.15, -0.1) is 0 Å². The van der Waals surface area contributed by atoms with Gasteiger partial charge in [0.05, 0.1) is 6.10 Å². The summed E-state index contributed by atoms with van der Waals surface area (Å²) in [5, 5.41) is 10.2. The summed E-state index contributed by atoms with van der Waals surface area (Å²) in [5.41, 5.74) is 0.824. The van der Waals surface area contributed by atoms with Crippen LogP contribution >= 0.6 is 0 Å². The number of hydrogen-bond acceptors (Lipinski definition) is 4. The van der Waals surface area contributed by atoms with E-state index in [0.29, 0.717) is 38.3 Å². The normalized spacial score (nSPS) is 23.8. The number of alkyl halides is 1. The van der Waals surface area contributed by atoms with Gasteiger partial charge in [-0.25, -0.2) is 4.39 Å². The average Bonchev–Trinajstić information content (AvgIpc) is 2.90. The smallest absolute Gasteiger partial charge is 0.161 e. The fourth-order valence-corrected chi connectivity index (χ4v) is 2.73. The molecule has 0 saturated carbocycles. The molecule has 0 spiro atoms. The Morgan fingerprint density at radius 3 is 2.85 bits per heavy atom. The van der Waals surface area contributed by atoms with E-state index in [1.165, 1.54) is 0 Å². The van der Waals surface area contributed by atoms with Crippen molar-refractivity contribution in [2.45, 2.75) is 25.1 Å². The SMILES string of the molecule is OC(CCN1CCC(F)C1)c1ccc2c(c1)OCCO2. The molecule has 1 N–H and O–H groups in total. The Labute approximate surface area is 118 Å². The van der Waals surface area contributed by atoms with Crippen LogP contribution in [0.3, 0.4) is 0 Å². The Hall–Kier alpha value is -1.33. The molecule has 5 heteroatoms. The van der Waals surface area contributed by atoms with Gasteiger partial charge in [0.15, 0.2) is 11.5 Å². The lowest BCUT2D eigenvalue weighted by molar-refractivity contribution is 0.144. The highest BCUT2D eigenvalue weighted by Crippen LogP contribution is 2.33. The predicted octanol–water partition coefficient (Wildman–Crippen LogP) is 1.93. The van der Waals surface area contributed by atoms with E-state index in [4.69, 9.17) is 9.47 Å². The van der Waals surface area contributed by atoms with E-state index in [2.05, 4.69) is 4.90 Å². The summed E-state index contributed by atoms with van der Waals surface area (Å²) in [7, 11) is 0. The van der Waals surface area contributed by atoms with Gasteiger partial charge in [0, 0.05) is 19.6 Å². The lowest BCUT2D eigenvalue weighted by Crippen LogP contribution is -2.23. The minimum Gasteiger partial charge on any atom is -0.486 e. The van der Waals surface area contributed by atoms with Gasteiger partial charge in [-0.05, 0) is 30.5 Å². The van der Waals surface area contributed by atoms with Crippen LogP contribution in [-0.2, 0) is 0 Å². The third-order valence-electron chi connectivity index (χ3n) is 3.88. The topological polar surface area (TPSA) is 41.9 Å². The van der Waals surface area contributed by atoms with Crippen LogP contribution < -0.4 is 9.47 Å². The second kappa shape index (κ2) is 5.97. The average molecular weight is 281 g/mol. The van der Waals surface area contributed by atoms with Crippen molar-refractivity contribution in [2.75, 3.05) is 32.8 Å². The Kier molecular flexibility index (Phi) is 4.08. The molecule has 2 aliphatic heterocycles. The van der Waals surface area contributed by atoms with Crippen LogP contribution in [0.2, 0.25) is 0 Å². The standard InChI is InChI=1S/C15H20FNO3/c16-12-3-5-17(10-12)6-4-13(18)11-1-2-14-15(9-11)20-8-7-19-14/h1-2,9,12-13,18H,3-8,10H2. The first-order valence-corrected chi connectivity index (χ1v) is 7.16. The molecule has 2 heterocycles. The Morgan fingerprint density at radius 1 is 1.30 bits per heavy atom. The van der Waals surface area contributed by atoms with E-state index in [0.717, 1.165) is 24.4 Å². The van der Waals surface area contributed by atoms with Crippen LogP contribution in [0.5, 0.6) is 11.5 Å². The highest BCUT2D eigenvalue weighted by molar-refractivity contribution is 5.44. The highest BCUT2D eigenvalue weighted by atomic mass is 19.1. The summed E-state index contributed by atoms with van der Waals surface area (Å²) >= 11 is 0. The molecule has 110 valence electrons. The lowest BCUT2D eigenvalue weighted by atomic mass is 10.1. The molecule has 1 saturated heterocycles. The van der Waals surface area contributed by atoms with Gasteiger partial charge in [-0.1, -0.05) is 6.07 Å². The molecule has 0 aliphatic carbocycles. The van der Waals surface area contributed by atoms with Gasteiger partial charge in [0.2, 0.25) is 0 Å². The van der Waals surface area contributed by atoms with Crippen molar-refractivity contribution in [2.24, 2.45) is 0 Å². The summed E-state index contributed by atoms with van der Waals surface area (Å²) < 4.78 is 24.0. The molecule has 2 aliphatic rings. The number of nitrogens with zero attached hydrogens (tertiary/aromatic N) is 1. The fourth-order valence-electron chi connectivity index (χ4n) is 2.73. The molecule has 0 bridgehead atoms. The number of hydrogen-bond donors (Lipinski definition) is 1. The van der Waals surface area contributed by atoms with Gasteiger partial charge >= 0.3 is 0 Å². The summed E-state index contributed by atoms with van der Waals surface area (Å²) in [5.74, 6) is 1.42. The number of ether oxygens (including phenoxy) is 2. The van der Waals surface area contributed by atoms with Gasteiger partial charge in [-0.2, -0.15) is 0 Å². The maximum absolute atomic E-state index is 13.1. The zero-order chi connectivity index (χ0) is 13.9. The number of rotatable bonds is 4. The molecule has 20 heavy (non-hydrogen) atoms.